The van der Waals surface area contributed by atoms with Crippen molar-refractivity contribution in [2.45, 2.75) is 0 Å². The van der Waals surface area contributed by atoms with Crippen LogP contribution in [0.25, 0.3) is 11.3 Å². The van der Waals surface area contributed by atoms with Gasteiger partial charge in [0.05, 0.1) is 24.7 Å². The van der Waals surface area contributed by atoms with Gasteiger partial charge in [-0.15, -0.1) is 0 Å². The van der Waals surface area contributed by atoms with E-state index in [-0.39, 0.29) is 0 Å². The number of aromatic nitrogens is 2. The highest BCUT2D eigenvalue weighted by Crippen LogP contribution is 2.29. The zero-order chi connectivity index (χ0) is 13.8. The van der Waals surface area contributed by atoms with E-state index in [2.05, 4.69) is 20.2 Å². The molecule has 1 fully saturated rings. The zero-order valence-corrected chi connectivity index (χ0v) is 11.5. The zero-order valence-electron chi connectivity index (χ0n) is 11.5. The largest absolute Gasteiger partial charge is 0.497 e. The van der Waals surface area contributed by atoms with Crippen LogP contribution >= 0.6 is 0 Å². The minimum atomic E-state index is 0.853. The maximum atomic E-state index is 5.20. The van der Waals surface area contributed by atoms with Crippen molar-refractivity contribution >= 4 is 5.69 Å². The first-order chi connectivity index (χ1) is 9.88. The van der Waals surface area contributed by atoms with Crippen LogP contribution in [-0.4, -0.2) is 43.3 Å². The smallest absolute Gasteiger partial charge is 0.118 e. The summed E-state index contributed by atoms with van der Waals surface area (Å²) in [7, 11) is 1.67. The second-order valence-corrected chi connectivity index (χ2v) is 4.72. The summed E-state index contributed by atoms with van der Waals surface area (Å²) in [6.45, 7) is 3.96. The lowest BCUT2D eigenvalue weighted by Gasteiger charge is -2.30. The summed E-state index contributed by atoms with van der Waals surface area (Å²) in [6.07, 6.45) is 3.50. The third-order valence-electron chi connectivity index (χ3n) is 3.51. The Morgan fingerprint density at radius 1 is 1.15 bits per heavy atom. The molecule has 0 amide bonds. The first-order valence-corrected chi connectivity index (χ1v) is 6.78. The second kappa shape index (κ2) is 5.88. The molecule has 104 valence electrons. The molecule has 1 aliphatic heterocycles. The highest BCUT2D eigenvalue weighted by Gasteiger charge is 2.16. The number of anilines is 1. The van der Waals surface area contributed by atoms with E-state index in [1.165, 1.54) is 0 Å². The first kappa shape index (κ1) is 12.9. The van der Waals surface area contributed by atoms with E-state index in [1.54, 1.807) is 13.4 Å². The van der Waals surface area contributed by atoms with Gasteiger partial charge >= 0.3 is 0 Å². The Balaban J connectivity index is 1.95. The molecular formula is C15H18N4O. The van der Waals surface area contributed by atoms with Gasteiger partial charge in [0.15, 0.2) is 0 Å². The van der Waals surface area contributed by atoms with E-state index >= 15 is 0 Å². The summed E-state index contributed by atoms with van der Waals surface area (Å²) in [5.41, 5.74) is 3.16. The van der Waals surface area contributed by atoms with E-state index in [0.29, 0.717) is 0 Å². The van der Waals surface area contributed by atoms with Crippen molar-refractivity contribution in [2.24, 2.45) is 0 Å². The molecule has 1 aromatic carbocycles. The molecule has 1 aliphatic rings. The third-order valence-corrected chi connectivity index (χ3v) is 3.51. The normalized spacial score (nSPS) is 15.2. The van der Waals surface area contributed by atoms with Gasteiger partial charge in [-0.2, -0.15) is 0 Å². The summed E-state index contributed by atoms with van der Waals surface area (Å²) in [5.74, 6) is 0.853. The number of hydrogen-bond donors (Lipinski definition) is 1. The Morgan fingerprint density at radius 2 is 1.90 bits per heavy atom. The van der Waals surface area contributed by atoms with Crippen LogP contribution in [0.1, 0.15) is 0 Å². The average molecular weight is 270 g/mol. The van der Waals surface area contributed by atoms with Crippen LogP contribution in [0, 0.1) is 0 Å². The maximum Gasteiger partial charge on any atom is 0.118 e. The third kappa shape index (κ3) is 2.58. The van der Waals surface area contributed by atoms with Gasteiger partial charge in [-0.25, -0.2) is 9.97 Å². The lowest BCUT2D eigenvalue weighted by atomic mass is 10.1. The molecule has 20 heavy (non-hydrogen) atoms. The van der Waals surface area contributed by atoms with Gasteiger partial charge in [0.2, 0.25) is 0 Å². The molecular weight excluding hydrogens is 252 g/mol. The van der Waals surface area contributed by atoms with Crippen molar-refractivity contribution < 1.29 is 4.74 Å². The summed E-state index contributed by atoms with van der Waals surface area (Å²) in [5, 5.41) is 3.36. The van der Waals surface area contributed by atoms with Crippen molar-refractivity contribution in [1.29, 1.82) is 0 Å². The standard InChI is InChI=1S/C15H18N4O/c1-20-13-4-2-12(3-5-13)15-14(10-17-11-18-15)19-8-6-16-7-9-19/h2-5,10-11,16H,6-9H2,1H3. The second-order valence-electron chi connectivity index (χ2n) is 4.72. The molecule has 0 atom stereocenters. The Morgan fingerprint density at radius 3 is 2.60 bits per heavy atom. The highest BCUT2D eigenvalue weighted by atomic mass is 16.5. The molecule has 1 N–H and O–H groups in total. The molecule has 3 rings (SSSR count). The predicted molar refractivity (Wildman–Crippen MR) is 79.1 cm³/mol. The average Bonchev–Trinajstić information content (AvgIpc) is 2.56. The first-order valence-electron chi connectivity index (χ1n) is 6.78. The van der Waals surface area contributed by atoms with Crippen LogP contribution in [0.4, 0.5) is 5.69 Å². The lowest BCUT2D eigenvalue weighted by Crippen LogP contribution is -2.43. The minimum absolute atomic E-state index is 0.853. The number of hydrogen-bond acceptors (Lipinski definition) is 5. The van der Waals surface area contributed by atoms with Gasteiger partial charge in [0.25, 0.3) is 0 Å². The van der Waals surface area contributed by atoms with Crippen molar-refractivity contribution in [2.75, 3.05) is 38.2 Å². The van der Waals surface area contributed by atoms with Gasteiger partial charge in [0, 0.05) is 31.7 Å². The van der Waals surface area contributed by atoms with Gasteiger partial charge in [-0.3, -0.25) is 0 Å². The fraction of sp³-hybridized carbons (Fsp3) is 0.333. The summed E-state index contributed by atoms with van der Waals surface area (Å²) < 4.78 is 5.20. The molecule has 0 aliphatic carbocycles. The summed E-state index contributed by atoms with van der Waals surface area (Å²) >= 11 is 0. The van der Waals surface area contributed by atoms with E-state index in [0.717, 1.165) is 48.9 Å². The number of benzene rings is 1. The van der Waals surface area contributed by atoms with Gasteiger partial charge in [0.1, 0.15) is 12.1 Å². The number of piperazine rings is 1. The van der Waals surface area contributed by atoms with Crippen LogP contribution in [-0.2, 0) is 0 Å². The summed E-state index contributed by atoms with van der Waals surface area (Å²) in [6, 6.07) is 7.98. The van der Waals surface area contributed by atoms with Crippen molar-refractivity contribution in [1.82, 2.24) is 15.3 Å². The Hall–Kier alpha value is -2.14. The molecule has 5 nitrogen and oxygen atoms in total. The van der Waals surface area contributed by atoms with Crippen LogP contribution in [0.15, 0.2) is 36.8 Å². The summed E-state index contributed by atoms with van der Waals surface area (Å²) in [4.78, 5) is 11.0. The van der Waals surface area contributed by atoms with Crippen molar-refractivity contribution in [3.8, 4) is 17.0 Å². The van der Waals surface area contributed by atoms with Crippen LogP contribution in [0.2, 0.25) is 0 Å². The van der Waals surface area contributed by atoms with E-state index in [1.807, 2.05) is 30.5 Å². The molecule has 2 aromatic rings. The fourth-order valence-corrected chi connectivity index (χ4v) is 2.43. The van der Waals surface area contributed by atoms with E-state index in [4.69, 9.17) is 4.74 Å². The Kier molecular flexibility index (Phi) is 3.78. The number of nitrogens with zero attached hydrogens (tertiary/aromatic N) is 3. The number of nitrogens with one attached hydrogen (secondary N) is 1. The molecule has 2 heterocycles. The van der Waals surface area contributed by atoms with Gasteiger partial charge in [-0.05, 0) is 24.3 Å². The topological polar surface area (TPSA) is 50.3 Å². The van der Waals surface area contributed by atoms with Crippen LogP contribution < -0.4 is 15.0 Å². The molecule has 0 radical (unpaired) electrons. The number of ether oxygens (including phenoxy) is 1. The van der Waals surface area contributed by atoms with Crippen molar-refractivity contribution in [3.63, 3.8) is 0 Å². The molecule has 0 unspecified atom stereocenters. The Bertz CT molecular complexity index is 564. The van der Waals surface area contributed by atoms with E-state index in [9.17, 15) is 0 Å². The van der Waals surface area contributed by atoms with Crippen LogP contribution in [0.3, 0.4) is 0 Å². The molecule has 5 heteroatoms. The molecule has 1 aromatic heterocycles. The SMILES string of the molecule is COc1ccc(-c2ncncc2N2CCNCC2)cc1. The Labute approximate surface area is 118 Å². The van der Waals surface area contributed by atoms with Crippen LogP contribution in [0.5, 0.6) is 5.75 Å². The van der Waals surface area contributed by atoms with Crippen molar-refractivity contribution in [3.05, 3.63) is 36.8 Å². The maximum absolute atomic E-state index is 5.20. The fourth-order valence-electron chi connectivity index (χ4n) is 2.43. The predicted octanol–water partition coefficient (Wildman–Crippen LogP) is 1.56. The molecule has 1 saturated heterocycles. The quantitative estimate of drug-likeness (QED) is 0.917. The monoisotopic (exact) mass is 270 g/mol. The molecule has 0 spiro atoms. The van der Waals surface area contributed by atoms with E-state index < -0.39 is 0 Å². The van der Waals surface area contributed by atoms with Gasteiger partial charge in [-0.1, -0.05) is 0 Å². The lowest BCUT2D eigenvalue weighted by molar-refractivity contribution is 0.415. The van der Waals surface area contributed by atoms with Gasteiger partial charge < -0.3 is 15.0 Å². The molecule has 0 bridgehead atoms. The molecule has 0 saturated carbocycles. The number of rotatable bonds is 3. The number of methoxy groups -OCH3 is 1. The highest BCUT2D eigenvalue weighted by molar-refractivity contribution is 5.74. The minimum Gasteiger partial charge on any atom is -0.497 e.